The summed E-state index contributed by atoms with van der Waals surface area (Å²) < 4.78 is 3.36. The Morgan fingerprint density at radius 2 is 1.11 bits per heavy atom. The number of aliphatic carboxylic acids is 1. The third kappa shape index (κ3) is 12.5. The van der Waals surface area contributed by atoms with Gasteiger partial charge >= 0.3 is 5.97 Å². The highest BCUT2D eigenvalue weighted by atomic mass is 35.5. The third-order valence-corrected chi connectivity index (χ3v) is 16.8. The molecule has 8 aromatic rings. The van der Waals surface area contributed by atoms with E-state index in [-0.39, 0.29) is 44.4 Å². The number of aliphatic hydroxyl groups is 2. The highest BCUT2D eigenvalue weighted by molar-refractivity contribution is 7.16. The van der Waals surface area contributed by atoms with E-state index < -0.39 is 35.2 Å². The van der Waals surface area contributed by atoms with Crippen molar-refractivity contribution in [2.45, 2.75) is 84.2 Å². The number of amides is 3. The van der Waals surface area contributed by atoms with Gasteiger partial charge in [-0.2, -0.15) is 10.2 Å². The number of carboxylic acids is 1. The number of nitrogens with zero attached hydrogens (tertiary/aromatic N) is 10. The second-order valence-corrected chi connectivity index (χ2v) is 22.4. The van der Waals surface area contributed by atoms with E-state index in [0.29, 0.717) is 50.0 Å². The quantitative estimate of drug-likeness (QED) is 0.0504. The molecular formula is C55H62Cl2N14O7S2. The van der Waals surface area contributed by atoms with Gasteiger partial charge in [-0.15, -0.1) is 22.7 Å². The summed E-state index contributed by atoms with van der Waals surface area (Å²) in [6.45, 7) is 10.5. The molecule has 0 saturated heterocycles. The van der Waals surface area contributed by atoms with Crippen LogP contribution in [0.15, 0.2) is 110 Å². The number of carbonyl (C=O) groups excluding carboxylic acids is 3. The molecule has 8 heterocycles. The fourth-order valence-electron chi connectivity index (χ4n) is 9.22. The first-order valence-corrected chi connectivity index (χ1v) is 27.1. The number of aromatic nitrogens is 8. The molecule has 420 valence electrons. The van der Waals surface area contributed by atoms with Crippen LogP contribution in [0.3, 0.4) is 0 Å². The highest BCUT2D eigenvalue weighted by Crippen LogP contribution is 2.48. The number of hydrogen-bond acceptors (Lipinski definition) is 17. The van der Waals surface area contributed by atoms with E-state index in [1.807, 2.05) is 72.1 Å². The monoisotopic (exact) mass is 1160 g/mol. The largest absolute Gasteiger partial charge is 0.480 e. The van der Waals surface area contributed by atoms with Gasteiger partial charge in [0.25, 0.3) is 11.8 Å². The van der Waals surface area contributed by atoms with Crippen molar-refractivity contribution >= 4 is 93.1 Å². The molecule has 2 aliphatic heterocycles. The molecule has 21 nitrogen and oxygen atoms in total. The van der Waals surface area contributed by atoms with Gasteiger partial charge in [0.15, 0.2) is 0 Å². The molecule has 2 aromatic carbocycles. The van der Waals surface area contributed by atoms with E-state index in [0.717, 1.165) is 36.7 Å². The Labute approximate surface area is 480 Å². The molecular weight excluding hydrogens is 1100 g/mol. The second-order valence-electron chi connectivity index (χ2n) is 19.5. The maximum atomic E-state index is 13.6. The molecule has 0 saturated carbocycles. The fourth-order valence-corrected chi connectivity index (χ4v) is 12.1. The molecule has 3 amide bonds. The molecule has 0 fully saturated rings. The lowest BCUT2D eigenvalue weighted by molar-refractivity contribution is -0.143. The zero-order chi connectivity index (χ0) is 57.1. The van der Waals surface area contributed by atoms with Crippen LogP contribution >= 0.6 is 45.9 Å². The lowest BCUT2D eigenvalue weighted by Crippen LogP contribution is -2.52. The number of carbonyl (C=O) groups is 4. The number of benzene rings is 2. The van der Waals surface area contributed by atoms with Crippen LogP contribution in [-0.4, -0.2) is 114 Å². The van der Waals surface area contributed by atoms with Crippen LogP contribution < -0.4 is 21.7 Å². The summed E-state index contributed by atoms with van der Waals surface area (Å²) >= 11 is 14.7. The molecule has 4 atom stereocenters. The number of halogens is 2. The van der Waals surface area contributed by atoms with Crippen LogP contribution in [0, 0.1) is 0 Å². The van der Waals surface area contributed by atoms with E-state index in [1.165, 1.54) is 34.5 Å². The standard InChI is InChI=1S/C27H28ClN7O3S.C19H20N6O3S.C8H10ClNO.CH4/c1-15(24(37)31-20(14-36)16-6-5-7-17(28)12-16)35-25(38)18-13-21(39-23(18)27(35,2)3)19-8-10-29-26(32-19)33-22-9-11-30-34(22)4;1-10(17(27)28)25-16(26)11-9-13(29-15(11)19(25,2)3)12-5-7-20-18(22-12)23-14-6-8-21-24(14)4;9-7-3-1-2-6(4-7)8(10)5-11;/h5-13,15,20,36H,14H2,1-4H3,(H,31,37)(H,29,32,33);5-10H,1-4H3,(H,27,28)(H,20,22,23);1-4,8,11H,5,10H2;1H4/t15?,20-;;8-;/m1.1./s1. The number of rotatable bonds is 15. The Bertz CT molecular complexity index is 3540. The topological polar surface area (TPSA) is 285 Å². The number of fused-ring (bicyclic) bond motifs is 2. The van der Waals surface area contributed by atoms with Crippen molar-refractivity contribution in [3.63, 3.8) is 0 Å². The van der Waals surface area contributed by atoms with Crippen LogP contribution in [0.25, 0.3) is 21.1 Å². The smallest absolute Gasteiger partial charge is 0.326 e. The molecule has 6 aromatic heterocycles. The van der Waals surface area contributed by atoms with E-state index in [9.17, 15) is 29.4 Å². The maximum absolute atomic E-state index is 13.6. The molecule has 0 aliphatic carbocycles. The Hall–Kier alpha value is -7.64. The van der Waals surface area contributed by atoms with Gasteiger partial charge in [-0.25, -0.2) is 24.7 Å². The minimum atomic E-state index is -1.02. The van der Waals surface area contributed by atoms with Crippen LogP contribution in [0.2, 0.25) is 10.0 Å². The summed E-state index contributed by atoms with van der Waals surface area (Å²) in [5, 5.41) is 46.5. The van der Waals surface area contributed by atoms with Crippen LogP contribution in [0.5, 0.6) is 0 Å². The summed E-state index contributed by atoms with van der Waals surface area (Å²) in [5.74, 6) is 0.447. The minimum absolute atomic E-state index is 0. The third-order valence-electron chi connectivity index (χ3n) is 13.4. The number of nitrogens with one attached hydrogen (secondary N) is 3. The first kappa shape index (κ1) is 60.0. The van der Waals surface area contributed by atoms with Crippen molar-refractivity contribution in [2.24, 2.45) is 19.8 Å². The normalized spacial score (nSPS) is 15.2. The van der Waals surface area contributed by atoms with Crippen molar-refractivity contribution in [2.75, 3.05) is 23.8 Å². The number of carboxylic acid groups (broad SMARTS) is 1. The van der Waals surface area contributed by atoms with Gasteiger partial charge in [-0.05, 0) is 101 Å². The zero-order valence-corrected chi connectivity index (χ0v) is 47.4. The first-order chi connectivity index (χ1) is 37.5. The fraction of sp³-hybridized carbons (Fsp3) is 0.309. The Morgan fingerprint density at radius 3 is 1.51 bits per heavy atom. The van der Waals surface area contributed by atoms with Gasteiger partial charge in [0.2, 0.25) is 17.8 Å². The number of thiophene rings is 2. The highest BCUT2D eigenvalue weighted by Gasteiger charge is 2.50. The van der Waals surface area contributed by atoms with Crippen LogP contribution in [-0.2, 0) is 34.8 Å². The van der Waals surface area contributed by atoms with Gasteiger partial charge in [0.05, 0.1) is 81.0 Å². The van der Waals surface area contributed by atoms with Crippen LogP contribution in [0.4, 0.5) is 23.5 Å². The van der Waals surface area contributed by atoms with Gasteiger partial charge < -0.3 is 46.8 Å². The van der Waals surface area contributed by atoms with Gasteiger partial charge in [0, 0.05) is 58.4 Å². The van der Waals surface area contributed by atoms with Crippen molar-refractivity contribution in [3.05, 3.63) is 152 Å². The van der Waals surface area contributed by atoms with E-state index in [4.69, 9.17) is 34.0 Å². The van der Waals surface area contributed by atoms with E-state index in [1.54, 1.807) is 101 Å². The summed E-state index contributed by atoms with van der Waals surface area (Å²) in [5.41, 5.74) is 8.10. The Balaban J connectivity index is 0.000000197. The summed E-state index contributed by atoms with van der Waals surface area (Å²) in [7, 11) is 3.63. The number of aliphatic hydroxyl groups excluding tert-OH is 2. The molecule has 2 unspecified atom stereocenters. The molecule has 2 aliphatic rings. The second kappa shape index (κ2) is 24.8. The Kier molecular flexibility index (Phi) is 18.6. The molecule has 0 spiro atoms. The van der Waals surface area contributed by atoms with E-state index >= 15 is 0 Å². The van der Waals surface area contributed by atoms with Crippen molar-refractivity contribution < 1.29 is 34.5 Å². The number of hydrogen-bond donors (Lipinski definition) is 7. The average Bonchev–Trinajstić information content (AvgIpc) is 4.31. The molecule has 25 heteroatoms. The molecule has 0 bridgehead atoms. The summed E-state index contributed by atoms with van der Waals surface area (Å²) in [6.07, 6.45) is 6.66. The zero-order valence-electron chi connectivity index (χ0n) is 44.2. The predicted molar refractivity (Wildman–Crippen MR) is 310 cm³/mol. The number of nitrogens with two attached hydrogens (primary N) is 1. The maximum Gasteiger partial charge on any atom is 0.326 e. The summed E-state index contributed by atoms with van der Waals surface area (Å²) in [6, 6.07) is 22.3. The van der Waals surface area contributed by atoms with Crippen molar-refractivity contribution in [1.82, 2.24) is 54.6 Å². The minimum Gasteiger partial charge on any atom is -0.480 e. The van der Waals surface area contributed by atoms with Gasteiger partial charge in [0.1, 0.15) is 23.7 Å². The first-order valence-electron chi connectivity index (χ1n) is 24.7. The van der Waals surface area contributed by atoms with Gasteiger partial charge in [-0.1, -0.05) is 54.9 Å². The van der Waals surface area contributed by atoms with Gasteiger partial charge in [-0.3, -0.25) is 23.7 Å². The lowest BCUT2D eigenvalue weighted by atomic mass is 10.0. The van der Waals surface area contributed by atoms with Crippen molar-refractivity contribution in [1.29, 1.82) is 0 Å². The lowest BCUT2D eigenvalue weighted by Gasteiger charge is -2.36. The SMILES string of the molecule is C.CC(C(=O)N[C@H](CO)c1cccc(Cl)c1)N1C(=O)c2cc(-c3ccnc(Nc4ccnn4C)n3)sc2C1(C)C.CC(C(=O)O)N1C(=O)c2cc(-c3ccnc(Nc4ccnn4C)n3)sc2C1(C)C.N[C@H](CO)c1cccc(Cl)c1. The Morgan fingerprint density at radius 1 is 0.662 bits per heavy atom. The summed E-state index contributed by atoms with van der Waals surface area (Å²) in [4.78, 5) is 75.4. The molecule has 0 radical (unpaired) electrons. The number of aryl methyl sites for hydroxylation is 2. The number of anilines is 4. The molecule has 10 rings (SSSR count). The predicted octanol–water partition coefficient (Wildman–Crippen LogP) is 9.08. The van der Waals surface area contributed by atoms with Crippen LogP contribution in [0.1, 0.15) is 103 Å². The van der Waals surface area contributed by atoms with Crippen molar-refractivity contribution in [3.8, 4) is 21.1 Å². The average molecular weight is 1170 g/mol. The van der Waals surface area contributed by atoms with E-state index in [2.05, 4.69) is 46.1 Å². The molecule has 80 heavy (non-hydrogen) atoms. The molecule has 8 N–H and O–H groups in total.